The Hall–Kier alpha value is -3.57. The topological polar surface area (TPSA) is 94.3 Å². The molecule has 0 radical (unpaired) electrons. The molecule has 1 aromatic carbocycles. The Morgan fingerprint density at radius 3 is 2.63 bits per heavy atom. The van der Waals surface area contributed by atoms with Crippen LogP contribution < -0.4 is 5.56 Å². The highest BCUT2D eigenvalue weighted by atomic mass is 35.5. The number of allylic oxidation sites excluding steroid dienone is 2. The zero-order chi connectivity index (χ0) is 27.8. The van der Waals surface area contributed by atoms with E-state index in [4.69, 9.17) is 11.6 Å². The van der Waals surface area contributed by atoms with E-state index in [-0.39, 0.29) is 22.7 Å². The van der Waals surface area contributed by atoms with Crippen molar-refractivity contribution in [1.29, 1.82) is 0 Å². The maximum absolute atomic E-state index is 15.6. The van der Waals surface area contributed by atoms with E-state index in [1.54, 1.807) is 6.92 Å². The fourth-order valence-electron chi connectivity index (χ4n) is 4.10. The van der Waals surface area contributed by atoms with Gasteiger partial charge in [0.1, 0.15) is 27.3 Å². The quantitative estimate of drug-likeness (QED) is 0.362. The molecule has 198 valence electrons. The molecular weight excluding hydrogens is 541 g/mol. The summed E-state index contributed by atoms with van der Waals surface area (Å²) in [7, 11) is -3.95. The first-order valence-electron chi connectivity index (χ1n) is 11.4. The van der Waals surface area contributed by atoms with Crippen LogP contribution in [0.2, 0.25) is 5.02 Å². The van der Waals surface area contributed by atoms with E-state index in [9.17, 15) is 17.6 Å². The number of hydrogen-bond donors (Lipinski definition) is 0. The van der Waals surface area contributed by atoms with Gasteiger partial charge in [0.2, 0.25) is 0 Å². The van der Waals surface area contributed by atoms with E-state index in [2.05, 4.69) is 15.0 Å². The van der Waals surface area contributed by atoms with E-state index in [1.165, 1.54) is 43.6 Å². The number of sulfone groups is 1. The maximum Gasteiger partial charge on any atom is 0.276 e. The molecule has 0 spiro atoms. The lowest BCUT2D eigenvalue weighted by molar-refractivity contribution is 0.568. The van der Waals surface area contributed by atoms with Crippen molar-refractivity contribution in [2.45, 2.75) is 37.0 Å². The summed E-state index contributed by atoms with van der Waals surface area (Å²) in [6.45, 7) is 3.08. The number of hydrogen-bond acceptors (Lipinski definition) is 6. The smallest absolute Gasteiger partial charge is 0.267 e. The van der Waals surface area contributed by atoms with Crippen molar-refractivity contribution in [3.63, 3.8) is 0 Å². The van der Waals surface area contributed by atoms with Crippen LogP contribution in [0.1, 0.15) is 47.8 Å². The average molecular weight is 563 g/mol. The molecule has 4 rings (SSSR count). The Kier molecular flexibility index (Phi) is 7.70. The summed E-state index contributed by atoms with van der Waals surface area (Å²) in [6, 6.07) is 4.86. The average Bonchev–Trinajstić information content (AvgIpc) is 3.65. The van der Waals surface area contributed by atoms with Crippen molar-refractivity contribution in [2.24, 2.45) is 4.99 Å². The molecule has 0 N–H and O–H groups in total. The predicted molar refractivity (Wildman–Crippen MR) is 139 cm³/mol. The van der Waals surface area contributed by atoms with Gasteiger partial charge in [0.25, 0.3) is 5.56 Å². The van der Waals surface area contributed by atoms with E-state index >= 15 is 8.78 Å². The predicted octanol–water partition coefficient (Wildman–Crippen LogP) is 5.34. The first kappa shape index (κ1) is 27.5. The van der Waals surface area contributed by atoms with Gasteiger partial charge in [-0.1, -0.05) is 23.7 Å². The molecule has 0 bridgehead atoms. The van der Waals surface area contributed by atoms with Crippen LogP contribution in [0.15, 0.2) is 69.4 Å². The summed E-state index contributed by atoms with van der Waals surface area (Å²) in [5, 5.41) is -0.228. The maximum atomic E-state index is 15.6. The fraction of sp³-hybridized carbons (Fsp3) is 0.231. The van der Waals surface area contributed by atoms with Crippen molar-refractivity contribution in [3.8, 4) is 0 Å². The van der Waals surface area contributed by atoms with Gasteiger partial charge in [0, 0.05) is 30.1 Å². The summed E-state index contributed by atoms with van der Waals surface area (Å²) in [5.41, 5.74) is -0.737. The normalized spacial score (nSPS) is 18.3. The Balaban J connectivity index is 1.75. The lowest BCUT2D eigenvalue weighted by Gasteiger charge is -2.12. The summed E-state index contributed by atoms with van der Waals surface area (Å²) < 4.78 is 69.0. The molecule has 1 aliphatic rings. The Labute approximate surface area is 222 Å². The van der Waals surface area contributed by atoms with Crippen LogP contribution in [0.5, 0.6) is 0 Å². The summed E-state index contributed by atoms with van der Waals surface area (Å²) in [6.07, 6.45) is 7.49. The molecule has 2 atom stereocenters. The van der Waals surface area contributed by atoms with Gasteiger partial charge in [0.15, 0.2) is 21.5 Å². The van der Waals surface area contributed by atoms with Crippen LogP contribution in [0.4, 0.5) is 13.2 Å². The first-order valence-corrected chi connectivity index (χ1v) is 13.7. The molecule has 38 heavy (non-hydrogen) atoms. The van der Waals surface area contributed by atoms with E-state index < -0.39 is 49.0 Å². The Morgan fingerprint density at radius 2 is 1.97 bits per heavy atom. The number of aryl methyl sites for hydroxylation is 1. The van der Waals surface area contributed by atoms with Gasteiger partial charge >= 0.3 is 0 Å². The SMILES string of the molecule is C/C=C/N=C(/C(F)=C/n1c(C)nc(C2CC2c2cncc(F)c2)c(Cl)c1=O)c1cccc(S(C)(=O)=O)c1F. The van der Waals surface area contributed by atoms with Crippen molar-refractivity contribution in [2.75, 3.05) is 6.26 Å². The second-order valence-electron chi connectivity index (χ2n) is 8.75. The van der Waals surface area contributed by atoms with Crippen molar-refractivity contribution in [3.05, 3.63) is 104 Å². The highest BCUT2D eigenvalue weighted by Gasteiger charge is 2.43. The minimum Gasteiger partial charge on any atom is -0.267 e. The summed E-state index contributed by atoms with van der Waals surface area (Å²) in [4.78, 5) is 24.7. The van der Waals surface area contributed by atoms with Gasteiger partial charge in [-0.3, -0.25) is 19.3 Å². The Bertz CT molecular complexity index is 1680. The zero-order valence-corrected chi connectivity index (χ0v) is 22.1. The van der Waals surface area contributed by atoms with Crippen molar-refractivity contribution < 1.29 is 21.6 Å². The monoisotopic (exact) mass is 562 g/mol. The van der Waals surface area contributed by atoms with Crippen molar-refractivity contribution >= 4 is 33.3 Å². The molecule has 2 aromatic heterocycles. The lowest BCUT2D eigenvalue weighted by Crippen LogP contribution is -2.23. The third kappa shape index (κ3) is 5.48. The molecule has 0 aliphatic heterocycles. The third-order valence-corrected chi connectivity index (χ3v) is 7.47. The van der Waals surface area contributed by atoms with Crippen LogP contribution in [0.3, 0.4) is 0 Å². The van der Waals surface area contributed by atoms with Gasteiger partial charge in [-0.25, -0.2) is 26.6 Å². The molecule has 3 aromatic rings. The molecule has 0 amide bonds. The van der Waals surface area contributed by atoms with Gasteiger partial charge in [-0.2, -0.15) is 0 Å². The van der Waals surface area contributed by atoms with Crippen molar-refractivity contribution in [1.82, 2.24) is 14.5 Å². The highest BCUT2D eigenvalue weighted by Crippen LogP contribution is 2.55. The number of aromatic nitrogens is 3. The first-order chi connectivity index (χ1) is 17.9. The van der Waals surface area contributed by atoms with Crippen LogP contribution >= 0.6 is 11.6 Å². The molecular formula is C26H22ClF3N4O3S. The van der Waals surface area contributed by atoms with Crippen LogP contribution in [0, 0.1) is 18.6 Å². The lowest BCUT2D eigenvalue weighted by atomic mass is 10.1. The molecule has 2 unspecified atom stereocenters. The number of pyridine rings is 1. The number of halogens is 4. The summed E-state index contributed by atoms with van der Waals surface area (Å²) >= 11 is 6.34. The molecule has 12 heteroatoms. The van der Waals surface area contributed by atoms with Gasteiger partial charge in [-0.15, -0.1) is 0 Å². The second-order valence-corrected chi connectivity index (χ2v) is 11.1. The molecule has 7 nitrogen and oxygen atoms in total. The second kappa shape index (κ2) is 10.7. The molecule has 2 heterocycles. The van der Waals surface area contributed by atoms with E-state index in [1.807, 2.05) is 0 Å². The number of nitrogens with zero attached hydrogens (tertiary/aromatic N) is 4. The standard InChI is InChI=1S/C26H22ClF3N4O3S/c1-4-8-32-24(17-6-5-7-21(23(17)30)38(3,36)37)20(29)13-34-14(2)33-25(22(27)26(34)35)19-10-18(19)15-9-16(28)12-31-11-15/h4-9,11-13,18-19H,10H2,1-3H3/b8-4+,20-13-,32-24+. The molecule has 1 saturated carbocycles. The third-order valence-electron chi connectivity index (χ3n) is 6.00. The number of benzene rings is 1. The van der Waals surface area contributed by atoms with Crippen LogP contribution in [0.25, 0.3) is 6.20 Å². The van der Waals surface area contributed by atoms with Gasteiger partial charge in [0.05, 0.1) is 18.1 Å². The van der Waals surface area contributed by atoms with Crippen LogP contribution in [-0.4, -0.2) is 34.9 Å². The minimum atomic E-state index is -3.95. The fourth-order valence-corrected chi connectivity index (χ4v) is 5.13. The largest absolute Gasteiger partial charge is 0.276 e. The number of rotatable bonds is 7. The highest BCUT2D eigenvalue weighted by molar-refractivity contribution is 7.90. The van der Waals surface area contributed by atoms with Gasteiger partial charge in [-0.05, 0) is 49.9 Å². The van der Waals surface area contributed by atoms with E-state index in [0.29, 0.717) is 17.7 Å². The molecule has 1 aliphatic carbocycles. The summed E-state index contributed by atoms with van der Waals surface area (Å²) in [5.74, 6) is -3.03. The zero-order valence-electron chi connectivity index (χ0n) is 20.5. The van der Waals surface area contributed by atoms with E-state index in [0.717, 1.165) is 29.3 Å². The van der Waals surface area contributed by atoms with Gasteiger partial charge < -0.3 is 0 Å². The number of aliphatic imine (C=N–C) groups is 1. The minimum absolute atomic E-state index is 0.100. The Morgan fingerprint density at radius 1 is 1.24 bits per heavy atom. The molecule has 0 saturated heterocycles. The van der Waals surface area contributed by atoms with Crippen LogP contribution in [-0.2, 0) is 9.84 Å². The molecule has 1 fully saturated rings.